The van der Waals surface area contributed by atoms with Crippen molar-refractivity contribution in [3.8, 4) is 34.7 Å². The van der Waals surface area contributed by atoms with Gasteiger partial charge in [0.25, 0.3) is 0 Å². The van der Waals surface area contributed by atoms with Crippen LogP contribution in [-0.2, 0) is 13.2 Å². The summed E-state index contributed by atoms with van der Waals surface area (Å²) in [5, 5.41) is 9.30. The van der Waals surface area contributed by atoms with Crippen molar-refractivity contribution >= 4 is 0 Å². The zero-order chi connectivity index (χ0) is 25.4. The average molecular weight is 490 g/mol. The van der Waals surface area contributed by atoms with E-state index in [1.807, 2.05) is 66.7 Å². The highest BCUT2D eigenvalue weighted by Crippen LogP contribution is 2.35. The summed E-state index contributed by atoms with van der Waals surface area (Å²) in [7, 11) is 0. The molecule has 0 fully saturated rings. The largest absolute Gasteiger partial charge is 0.483 e. The van der Waals surface area contributed by atoms with Crippen LogP contribution in [0, 0.1) is 11.3 Å². The van der Waals surface area contributed by atoms with Gasteiger partial charge in [0.1, 0.15) is 25.0 Å². The van der Waals surface area contributed by atoms with Gasteiger partial charge in [-0.05, 0) is 34.9 Å². The first-order chi connectivity index (χ1) is 17.4. The lowest BCUT2D eigenvalue weighted by Crippen LogP contribution is -2.19. The van der Waals surface area contributed by atoms with E-state index in [0.717, 1.165) is 11.1 Å². The summed E-state index contributed by atoms with van der Waals surface area (Å²) in [5.74, 6) is 0.384. The molecule has 1 aromatic heterocycles. The van der Waals surface area contributed by atoms with Crippen LogP contribution in [-0.4, -0.2) is 17.8 Å². The van der Waals surface area contributed by atoms with Gasteiger partial charge in [0, 0.05) is 11.6 Å². The van der Waals surface area contributed by atoms with E-state index in [2.05, 4.69) is 4.98 Å². The predicted octanol–water partition coefficient (Wildman–Crippen LogP) is 6.72. The minimum Gasteiger partial charge on any atom is -0.483 e. The molecule has 182 valence electrons. The number of hydrogen-bond donors (Lipinski definition) is 0. The summed E-state index contributed by atoms with van der Waals surface area (Å²) < 4.78 is 54.9. The van der Waals surface area contributed by atoms with E-state index in [0.29, 0.717) is 23.6 Å². The summed E-state index contributed by atoms with van der Waals surface area (Å²) in [4.78, 5) is 4.51. The molecule has 1 heterocycles. The Morgan fingerprint density at radius 3 is 2.00 bits per heavy atom. The van der Waals surface area contributed by atoms with Gasteiger partial charge in [0.2, 0.25) is 11.8 Å². The van der Waals surface area contributed by atoms with Crippen molar-refractivity contribution in [2.45, 2.75) is 19.4 Å². The summed E-state index contributed by atoms with van der Waals surface area (Å²) in [6.07, 6.45) is -4.54. The topological polar surface area (TPSA) is 64.4 Å². The lowest BCUT2D eigenvalue weighted by atomic mass is 10.0. The van der Waals surface area contributed by atoms with Gasteiger partial charge in [-0.1, -0.05) is 66.7 Å². The van der Waals surface area contributed by atoms with Crippen molar-refractivity contribution < 1.29 is 27.4 Å². The highest BCUT2D eigenvalue weighted by Gasteiger charge is 2.29. The van der Waals surface area contributed by atoms with Crippen LogP contribution in [0.4, 0.5) is 13.2 Å². The Morgan fingerprint density at radius 2 is 1.39 bits per heavy atom. The van der Waals surface area contributed by atoms with E-state index in [9.17, 15) is 18.4 Å². The first-order valence-corrected chi connectivity index (χ1v) is 11.0. The Labute approximate surface area is 206 Å². The quantitative estimate of drug-likeness (QED) is 0.261. The van der Waals surface area contributed by atoms with Crippen LogP contribution in [0.15, 0.2) is 91.0 Å². The molecule has 0 saturated heterocycles. The van der Waals surface area contributed by atoms with E-state index < -0.39 is 12.8 Å². The van der Waals surface area contributed by atoms with Gasteiger partial charge in [0.15, 0.2) is 6.61 Å². The molecule has 4 rings (SSSR count). The van der Waals surface area contributed by atoms with E-state index >= 15 is 0 Å². The molecule has 0 N–H and O–H groups in total. The minimum absolute atomic E-state index is 0.00877. The zero-order valence-corrected chi connectivity index (χ0v) is 19.0. The van der Waals surface area contributed by atoms with Gasteiger partial charge in [-0.3, -0.25) is 0 Å². The van der Waals surface area contributed by atoms with Crippen LogP contribution in [0.1, 0.15) is 16.7 Å². The highest BCUT2D eigenvalue weighted by molar-refractivity contribution is 5.71. The monoisotopic (exact) mass is 490 g/mol. The number of nitrogens with zero attached hydrogens (tertiary/aromatic N) is 2. The van der Waals surface area contributed by atoms with Crippen molar-refractivity contribution in [2.24, 2.45) is 0 Å². The lowest BCUT2D eigenvalue weighted by Gasteiger charge is -2.15. The fourth-order valence-corrected chi connectivity index (χ4v) is 3.35. The predicted molar refractivity (Wildman–Crippen MR) is 127 cm³/mol. The summed E-state index contributed by atoms with van der Waals surface area (Å²) in [5.41, 5.74) is 2.87. The molecule has 0 aliphatic rings. The lowest BCUT2D eigenvalue weighted by molar-refractivity contribution is -0.153. The molecule has 0 bridgehead atoms. The van der Waals surface area contributed by atoms with E-state index in [1.54, 1.807) is 18.2 Å². The second-order valence-corrected chi connectivity index (χ2v) is 7.78. The minimum atomic E-state index is -4.54. The van der Waals surface area contributed by atoms with Gasteiger partial charge < -0.3 is 14.2 Å². The Balaban J connectivity index is 1.64. The summed E-state index contributed by atoms with van der Waals surface area (Å²) in [6, 6.07) is 28.7. The molecule has 0 aliphatic carbocycles. The Kier molecular flexibility index (Phi) is 7.71. The van der Waals surface area contributed by atoms with Crippen LogP contribution in [0.5, 0.6) is 17.5 Å². The third kappa shape index (κ3) is 6.76. The van der Waals surface area contributed by atoms with Gasteiger partial charge in [-0.25, -0.2) is 0 Å². The van der Waals surface area contributed by atoms with Crippen molar-refractivity contribution in [3.05, 3.63) is 108 Å². The fourth-order valence-electron chi connectivity index (χ4n) is 3.35. The van der Waals surface area contributed by atoms with Crippen molar-refractivity contribution in [1.29, 1.82) is 5.26 Å². The second kappa shape index (κ2) is 11.3. The Morgan fingerprint density at radius 1 is 0.750 bits per heavy atom. The number of alkyl halides is 3. The molecule has 0 aliphatic heterocycles. The van der Waals surface area contributed by atoms with Crippen LogP contribution >= 0.6 is 0 Å². The van der Waals surface area contributed by atoms with Crippen LogP contribution < -0.4 is 14.2 Å². The highest BCUT2D eigenvalue weighted by atomic mass is 19.4. The van der Waals surface area contributed by atoms with Gasteiger partial charge in [-0.15, -0.1) is 0 Å². The number of aromatic nitrogens is 1. The molecule has 4 aromatic rings. The number of pyridine rings is 1. The van der Waals surface area contributed by atoms with E-state index in [1.165, 1.54) is 12.1 Å². The molecule has 36 heavy (non-hydrogen) atoms. The van der Waals surface area contributed by atoms with Crippen LogP contribution in [0.25, 0.3) is 11.1 Å². The van der Waals surface area contributed by atoms with Crippen molar-refractivity contribution in [1.82, 2.24) is 4.98 Å². The number of hydrogen-bond acceptors (Lipinski definition) is 5. The maximum atomic E-state index is 12.7. The molecule has 0 radical (unpaired) electrons. The number of benzene rings is 3. The second-order valence-electron chi connectivity index (χ2n) is 7.78. The molecular weight excluding hydrogens is 469 g/mol. The van der Waals surface area contributed by atoms with Crippen molar-refractivity contribution in [2.75, 3.05) is 6.61 Å². The molecule has 3 aromatic carbocycles. The molecule has 0 spiro atoms. The van der Waals surface area contributed by atoms with Crippen molar-refractivity contribution in [3.63, 3.8) is 0 Å². The molecule has 8 heteroatoms. The normalized spacial score (nSPS) is 10.9. The zero-order valence-electron chi connectivity index (χ0n) is 19.0. The third-order valence-corrected chi connectivity index (χ3v) is 5.09. The van der Waals surface area contributed by atoms with Crippen LogP contribution in [0.3, 0.4) is 0 Å². The first kappa shape index (κ1) is 24.6. The smallest absolute Gasteiger partial charge is 0.422 e. The average Bonchev–Trinajstić information content (AvgIpc) is 2.90. The molecular formula is C28H21F3N2O3. The van der Waals surface area contributed by atoms with Gasteiger partial charge >= 0.3 is 6.18 Å². The molecule has 0 atom stereocenters. The standard InChI is InChI=1S/C28H21F3N2O3/c29-28(30,31)19-36-25-15-22(11-12-23(25)16-32)24-13-14-26(34-17-20-7-3-1-4-8-20)33-27(24)35-18-21-9-5-2-6-10-21/h1-15H,17-19H2. The molecule has 5 nitrogen and oxygen atoms in total. The number of rotatable bonds is 9. The number of halogens is 3. The van der Waals surface area contributed by atoms with E-state index in [-0.39, 0.29) is 23.8 Å². The first-order valence-electron chi connectivity index (χ1n) is 11.0. The molecule has 0 unspecified atom stereocenters. The Bertz CT molecular complexity index is 1340. The van der Waals surface area contributed by atoms with Gasteiger partial charge in [0.05, 0.1) is 5.56 Å². The van der Waals surface area contributed by atoms with E-state index in [4.69, 9.17) is 14.2 Å². The maximum absolute atomic E-state index is 12.7. The number of ether oxygens (including phenoxy) is 3. The summed E-state index contributed by atoms with van der Waals surface area (Å²) in [6.45, 7) is -0.985. The Hall–Kier alpha value is -4.51. The molecule has 0 saturated carbocycles. The number of nitriles is 1. The SMILES string of the molecule is N#Cc1ccc(-c2ccc(OCc3ccccc3)nc2OCc2ccccc2)cc1OCC(F)(F)F. The fraction of sp³-hybridized carbons (Fsp3) is 0.143. The summed E-state index contributed by atoms with van der Waals surface area (Å²) >= 11 is 0. The third-order valence-electron chi connectivity index (χ3n) is 5.09. The van der Waals surface area contributed by atoms with Gasteiger partial charge in [-0.2, -0.15) is 23.4 Å². The van der Waals surface area contributed by atoms with Crippen LogP contribution in [0.2, 0.25) is 0 Å². The molecule has 0 amide bonds. The maximum Gasteiger partial charge on any atom is 0.422 e.